The van der Waals surface area contributed by atoms with Crippen LogP contribution in [0.2, 0.25) is 5.02 Å². The number of hydrogen-bond donors (Lipinski definition) is 1. The predicted octanol–water partition coefficient (Wildman–Crippen LogP) is 5.80. The fraction of sp³-hybridized carbons (Fsp3) is 0.375. The minimum absolute atomic E-state index is 0.0318. The molecule has 0 saturated heterocycles. The maximum Gasteiger partial charge on any atom is 0.264 e. The van der Waals surface area contributed by atoms with E-state index in [0.29, 0.717) is 22.9 Å². The van der Waals surface area contributed by atoms with Gasteiger partial charge in [-0.25, -0.2) is 8.42 Å². The van der Waals surface area contributed by atoms with Crippen LogP contribution in [-0.2, 0) is 26.2 Å². The number of para-hydroxylation sites is 2. The zero-order valence-electron chi connectivity index (χ0n) is 24.0. The molecular formula is C32H38ClN3O5S. The molecule has 0 aliphatic heterocycles. The topological polar surface area (TPSA) is 96.0 Å². The normalized spacial score (nSPS) is 14.5. The van der Waals surface area contributed by atoms with Gasteiger partial charge in [-0.1, -0.05) is 79.4 Å². The van der Waals surface area contributed by atoms with Gasteiger partial charge in [0, 0.05) is 17.6 Å². The molecule has 1 atom stereocenters. The van der Waals surface area contributed by atoms with Gasteiger partial charge < -0.3 is 15.0 Å². The third-order valence-electron chi connectivity index (χ3n) is 7.46. The lowest BCUT2D eigenvalue weighted by Gasteiger charge is -2.33. The Labute approximate surface area is 253 Å². The number of benzene rings is 3. The Kier molecular flexibility index (Phi) is 10.9. The molecule has 2 amide bonds. The van der Waals surface area contributed by atoms with Gasteiger partial charge in [-0.05, 0) is 62.6 Å². The summed E-state index contributed by atoms with van der Waals surface area (Å²) < 4.78 is 34.9. The number of nitrogens with one attached hydrogen (secondary N) is 1. The summed E-state index contributed by atoms with van der Waals surface area (Å²) in [7, 11) is -4.19. The largest absolute Gasteiger partial charge is 0.492 e. The van der Waals surface area contributed by atoms with E-state index in [9.17, 15) is 18.0 Å². The van der Waals surface area contributed by atoms with E-state index in [-0.39, 0.29) is 29.1 Å². The van der Waals surface area contributed by atoms with Crippen molar-refractivity contribution in [1.82, 2.24) is 10.2 Å². The van der Waals surface area contributed by atoms with Crippen molar-refractivity contribution in [2.45, 2.75) is 69.5 Å². The maximum atomic E-state index is 14.2. The van der Waals surface area contributed by atoms with Crippen LogP contribution in [0.4, 0.5) is 5.69 Å². The van der Waals surface area contributed by atoms with Crippen molar-refractivity contribution >= 4 is 39.1 Å². The monoisotopic (exact) mass is 611 g/mol. The number of carbonyl (C=O) groups excluding carboxylic acids is 2. The fourth-order valence-electron chi connectivity index (χ4n) is 5.14. The van der Waals surface area contributed by atoms with Gasteiger partial charge in [0.1, 0.15) is 18.3 Å². The summed E-state index contributed by atoms with van der Waals surface area (Å²) in [6.45, 7) is 3.26. The Hall–Kier alpha value is -3.56. The van der Waals surface area contributed by atoms with Gasteiger partial charge in [0.2, 0.25) is 11.8 Å². The lowest BCUT2D eigenvalue weighted by molar-refractivity contribution is -0.139. The van der Waals surface area contributed by atoms with Gasteiger partial charge in [-0.3, -0.25) is 13.9 Å². The van der Waals surface area contributed by atoms with Crippen LogP contribution in [0.25, 0.3) is 0 Å². The van der Waals surface area contributed by atoms with Crippen LogP contribution in [-0.4, -0.2) is 50.4 Å². The zero-order valence-corrected chi connectivity index (χ0v) is 25.6. The lowest BCUT2D eigenvalue weighted by Crippen LogP contribution is -2.53. The van der Waals surface area contributed by atoms with Crippen molar-refractivity contribution in [3.05, 3.63) is 89.4 Å². The van der Waals surface area contributed by atoms with E-state index in [4.69, 9.17) is 16.3 Å². The Balaban J connectivity index is 1.71. The number of carbonyl (C=O) groups is 2. The van der Waals surface area contributed by atoms with E-state index in [1.807, 2.05) is 0 Å². The molecule has 8 nitrogen and oxygen atoms in total. The molecule has 0 radical (unpaired) electrons. The summed E-state index contributed by atoms with van der Waals surface area (Å²) >= 11 is 6.46. The molecule has 0 aromatic heterocycles. The molecule has 3 aromatic carbocycles. The first-order chi connectivity index (χ1) is 20.2. The molecule has 3 aromatic rings. The highest BCUT2D eigenvalue weighted by Crippen LogP contribution is 2.33. The summed E-state index contributed by atoms with van der Waals surface area (Å²) in [5.74, 6) is -0.505. The van der Waals surface area contributed by atoms with Crippen LogP contribution in [0.3, 0.4) is 0 Å². The number of nitrogens with zero attached hydrogens (tertiary/aromatic N) is 2. The third kappa shape index (κ3) is 7.63. The summed E-state index contributed by atoms with van der Waals surface area (Å²) in [6, 6.07) is 20.9. The molecule has 0 unspecified atom stereocenters. The zero-order chi connectivity index (χ0) is 30.1. The van der Waals surface area contributed by atoms with Crippen LogP contribution in [0.5, 0.6) is 5.75 Å². The van der Waals surface area contributed by atoms with Crippen LogP contribution >= 0.6 is 11.6 Å². The second-order valence-corrected chi connectivity index (χ2v) is 12.6. The fourth-order valence-corrected chi connectivity index (χ4v) is 6.78. The van der Waals surface area contributed by atoms with E-state index < -0.39 is 28.5 Å². The molecule has 4 rings (SSSR count). The number of ether oxygens (including phenoxy) is 1. The van der Waals surface area contributed by atoms with E-state index >= 15 is 0 Å². The van der Waals surface area contributed by atoms with E-state index in [0.717, 1.165) is 36.4 Å². The van der Waals surface area contributed by atoms with Gasteiger partial charge in [0.05, 0.1) is 17.2 Å². The average molecular weight is 612 g/mol. The highest BCUT2D eigenvalue weighted by Gasteiger charge is 2.34. The van der Waals surface area contributed by atoms with Gasteiger partial charge in [-0.15, -0.1) is 0 Å². The minimum Gasteiger partial charge on any atom is -0.492 e. The number of halogens is 1. The summed E-state index contributed by atoms with van der Waals surface area (Å²) in [6.07, 6.45) is 5.04. The minimum atomic E-state index is -4.19. The Morgan fingerprint density at radius 2 is 1.60 bits per heavy atom. The smallest absolute Gasteiger partial charge is 0.264 e. The lowest BCUT2D eigenvalue weighted by atomic mass is 9.95. The van der Waals surface area contributed by atoms with Crippen molar-refractivity contribution in [2.24, 2.45) is 0 Å². The highest BCUT2D eigenvalue weighted by atomic mass is 35.5. The molecule has 0 bridgehead atoms. The standard InChI is InChI=1S/C32H38ClN3O5S/c1-3-41-30-21-13-12-20-29(30)36(42(39,40)27-17-8-5-9-18-27)23-31(37)35(22-25-14-10-11-19-28(25)33)24(2)32(38)34-26-15-6-4-7-16-26/h5,8-14,17-21,24,26H,3-4,6-7,15-16,22-23H2,1-2H3,(H,34,38)/t24-/m1/s1. The van der Waals surface area contributed by atoms with Gasteiger partial charge in [-0.2, -0.15) is 0 Å². The van der Waals surface area contributed by atoms with Crippen molar-refractivity contribution < 1.29 is 22.7 Å². The van der Waals surface area contributed by atoms with Gasteiger partial charge >= 0.3 is 0 Å². The Morgan fingerprint density at radius 1 is 0.952 bits per heavy atom. The van der Waals surface area contributed by atoms with E-state index in [1.165, 1.54) is 17.0 Å². The highest BCUT2D eigenvalue weighted by molar-refractivity contribution is 7.92. The molecule has 10 heteroatoms. The predicted molar refractivity (Wildman–Crippen MR) is 165 cm³/mol. The first-order valence-corrected chi connectivity index (χ1v) is 16.2. The molecule has 0 heterocycles. The molecule has 224 valence electrons. The van der Waals surface area contributed by atoms with Crippen molar-refractivity contribution in [2.75, 3.05) is 17.5 Å². The summed E-state index contributed by atoms with van der Waals surface area (Å²) in [4.78, 5) is 29.1. The Morgan fingerprint density at radius 3 is 2.29 bits per heavy atom. The maximum absolute atomic E-state index is 14.2. The summed E-state index contributed by atoms with van der Waals surface area (Å²) in [5, 5.41) is 3.55. The average Bonchev–Trinajstić information content (AvgIpc) is 3.00. The molecule has 1 aliphatic rings. The first kappa shape index (κ1) is 31.4. The van der Waals surface area contributed by atoms with Crippen molar-refractivity contribution in [1.29, 1.82) is 0 Å². The quantitative estimate of drug-likeness (QED) is 0.279. The summed E-state index contributed by atoms with van der Waals surface area (Å²) in [5.41, 5.74) is 0.880. The van der Waals surface area contributed by atoms with Crippen molar-refractivity contribution in [3.8, 4) is 5.75 Å². The first-order valence-electron chi connectivity index (χ1n) is 14.3. The third-order valence-corrected chi connectivity index (χ3v) is 9.60. The number of amides is 2. The SMILES string of the molecule is CCOc1ccccc1N(CC(=O)N(Cc1ccccc1Cl)[C@H](C)C(=O)NC1CCCCC1)S(=O)(=O)c1ccccc1. The Bertz CT molecular complexity index is 1460. The second-order valence-electron chi connectivity index (χ2n) is 10.4. The molecule has 1 aliphatic carbocycles. The molecule has 0 spiro atoms. The number of hydrogen-bond acceptors (Lipinski definition) is 5. The van der Waals surface area contributed by atoms with Crippen LogP contribution in [0.1, 0.15) is 51.5 Å². The van der Waals surface area contributed by atoms with Crippen LogP contribution in [0, 0.1) is 0 Å². The van der Waals surface area contributed by atoms with E-state index in [1.54, 1.807) is 80.6 Å². The number of anilines is 1. The number of rotatable bonds is 12. The molecule has 1 fully saturated rings. The molecule has 1 saturated carbocycles. The second kappa shape index (κ2) is 14.6. The van der Waals surface area contributed by atoms with E-state index in [2.05, 4.69) is 5.32 Å². The van der Waals surface area contributed by atoms with Crippen LogP contribution in [0.15, 0.2) is 83.8 Å². The van der Waals surface area contributed by atoms with Gasteiger partial charge in [0.25, 0.3) is 10.0 Å². The van der Waals surface area contributed by atoms with Crippen LogP contribution < -0.4 is 14.4 Å². The van der Waals surface area contributed by atoms with Gasteiger partial charge in [0.15, 0.2) is 0 Å². The molecule has 42 heavy (non-hydrogen) atoms. The number of sulfonamides is 1. The molecule has 1 N–H and O–H groups in total. The van der Waals surface area contributed by atoms with Crippen molar-refractivity contribution in [3.63, 3.8) is 0 Å². The molecular weight excluding hydrogens is 574 g/mol.